The van der Waals surface area contributed by atoms with Crippen molar-refractivity contribution < 1.29 is 0 Å². The summed E-state index contributed by atoms with van der Waals surface area (Å²) in [6.07, 6.45) is 2.06. The quantitative estimate of drug-likeness (QED) is 0.814. The molecule has 4 nitrogen and oxygen atoms in total. The van der Waals surface area contributed by atoms with Crippen molar-refractivity contribution in [3.05, 3.63) is 32.1 Å². The molecular formula is C11H10IN3O. The molecule has 0 spiro atoms. The van der Waals surface area contributed by atoms with Crippen LogP contribution in [-0.4, -0.2) is 9.55 Å². The molecule has 1 aromatic heterocycles. The second-order valence-corrected chi connectivity index (χ2v) is 5.28. The third kappa shape index (κ3) is 1.50. The third-order valence-corrected chi connectivity index (χ3v) is 3.47. The maximum Gasteiger partial charge on any atom is 0.263 e. The van der Waals surface area contributed by atoms with Crippen molar-refractivity contribution in [1.29, 1.82) is 0 Å². The van der Waals surface area contributed by atoms with E-state index in [4.69, 9.17) is 5.73 Å². The summed E-state index contributed by atoms with van der Waals surface area (Å²) in [5.41, 5.74) is 6.50. The SMILES string of the molecule is Nc1nc2cc(I)ccc2c(=O)n1C1CC1. The topological polar surface area (TPSA) is 60.9 Å². The second kappa shape index (κ2) is 3.44. The van der Waals surface area contributed by atoms with Gasteiger partial charge in [-0.2, -0.15) is 0 Å². The first-order valence-electron chi connectivity index (χ1n) is 5.14. The molecule has 2 N–H and O–H groups in total. The van der Waals surface area contributed by atoms with Gasteiger partial charge in [0.15, 0.2) is 0 Å². The van der Waals surface area contributed by atoms with E-state index in [1.54, 1.807) is 4.57 Å². The van der Waals surface area contributed by atoms with Crippen LogP contribution in [0.4, 0.5) is 5.95 Å². The first-order valence-corrected chi connectivity index (χ1v) is 6.22. The minimum absolute atomic E-state index is 0.0126. The number of anilines is 1. The number of nitrogens with two attached hydrogens (primary N) is 1. The van der Waals surface area contributed by atoms with Gasteiger partial charge in [-0.1, -0.05) is 0 Å². The van der Waals surface area contributed by atoms with Crippen molar-refractivity contribution in [1.82, 2.24) is 9.55 Å². The lowest BCUT2D eigenvalue weighted by atomic mass is 10.2. The normalized spacial score (nSPS) is 15.6. The standard InChI is InChI=1S/C11H10IN3O/c12-6-1-4-8-9(5-6)14-11(13)15(10(8)16)7-2-3-7/h1,4-5,7H,2-3H2,(H2,13,14). The van der Waals surface area contributed by atoms with Crippen LogP contribution in [0.5, 0.6) is 0 Å². The monoisotopic (exact) mass is 327 g/mol. The van der Waals surface area contributed by atoms with Crippen molar-refractivity contribution in [3.8, 4) is 0 Å². The molecule has 0 aliphatic heterocycles. The summed E-state index contributed by atoms with van der Waals surface area (Å²) in [6.45, 7) is 0. The van der Waals surface area contributed by atoms with Crippen molar-refractivity contribution in [2.75, 3.05) is 5.73 Å². The number of nitrogens with zero attached hydrogens (tertiary/aromatic N) is 2. The Morgan fingerprint density at radius 2 is 2.19 bits per heavy atom. The Hall–Kier alpha value is -1.11. The van der Waals surface area contributed by atoms with E-state index in [9.17, 15) is 4.79 Å². The summed E-state index contributed by atoms with van der Waals surface area (Å²) in [5.74, 6) is 0.335. The van der Waals surface area contributed by atoms with Gasteiger partial charge in [0.2, 0.25) is 5.95 Å². The molecule has 1 aliphatic rings. The molecule has 0 unspecified atom stereocenters. The average molecular weight is 327 g/mol. The Bertz CT molecular complexity index is 631. The molecule has 0 radical (unpaired) electrons. The molecular weight excluding hydrogens is 317 g/mol. The predicted molar refractivity (Wildman–Crippen MR) is 71.4 cm³/mol. The van der Waals surface area contributed by atoms with Gasteiger partial charge in [-0.25, -0.2) is 4.98 Å². The molecule has 3 rings (SSSR count). The number of benzene rings is 1. The van der Waals surface area contributed by atoms with Gasteiger partial charge in [0.1, 0.15) is 0 Å². The number of aromatic nitrogens is 2. The van der Waals surface area contributed by atoms with E-state index >= 15 is 0 Å². The van der Waals surface area contributed by atoms with Crippen molar-refractivity contribution in [3.63, 3.8) is 0 Å². The van der Waals surface area contributed by atoms with Crippen LogP contribution in [0, 0.1) is 3.57 Å². The zero-order valence-electron chi connectivity index (χ0n) is 8.48. The number of hydrogen-bond acceptors (Lipinski definition) is 3. The van der Waals surface area contributed by atoms with Crippen LogP contribution in [0.15, 0.2) is 23.0 Å². The van der Waals surface area contributed by atoms with E-state index in [2.05, 4.69) is 27.6 Å². The van der Waals surface area contributed by atoms with Crippen LogP contribution in [0.2, 0.25) is 0 Å². The lowest BCUT2D eigenvalue weighted by Crippen LogP contribution is -2.23. The fourth-order valence-electron chi connectivity index (χ4n) is 1.87. The highest BCUT2D eigenvalue weighted by Gasteiger charge is 2.27. The van der Waals surface area contributed by atoms with Crippen LogP contribution < -0.4 is 11.3 Å². The van der Waals surface area contributed by atoms with E-state index < -0.39 is 0 Å². The molecule has 1 aliphatic carbocycles. The van der Waals surface area contributed by atoms with Crippen LogP contribution in [0.1, 0.15) is 18.9 Å². The van der Waals surface area contributed by atoms with Gasteiger partial charge in [0.25, 0.3) is 5.56 Å². The first-order chi connectivity index (χ1) is 7.66. The summed E-state index contributed by atoms with van der Waals surface area (Å²) in [5, 5.41) is 0.654. The highest BCUT2D eigenvalue weighted by molar-refractivity contribution is 14.1. The van der Waals surface area contributed by atoms with E-state index in [1.165, 1.54) is 0 Å². The molecule has 0 bridgehead atoms. The minimum Gasteiger partial charge on any atom is -0.369 e. The Balaban J connectivity index is 2.39. The van der Waals surface area contributed by atoms with Gasteiger partial charge in [-0.3, -0.25) is 9.36 Å². The molecule has 82 valence electrons. The molecule has 1 saturated carbocycles. The summed E-state index contributed by atoms with van der Waals surface area (Å²) in [7, 11) is 0. The Kier molecular flexibility index (Phi) is 2.17. The number of rotatable bonds is 1. The molecule has 0 saturated heterocycles. The third-order valence-electron chi connectivity index (χ3n) is 2.80. The zero-order valence-corrected chi connectivity index (χ0v) is 10.6. The maximum absolute atomic E-state index is 12.2. The minimum atomic E-state index is -0.0126. The number of hydrogen-bond donors (Lipinski definition) is 1. The molecule has 2 aromatic rings. The number of fused-ring (bicyclic) bond motifs is 1. The van der Waals surface area contributed by atoms with Crippen LogP contribution in [0.3, 0.4) is 0 Å². The lowest BCUT2D eigenvalue weighted by molar-refractivity contribution is 0.712. The fourth-order valence-corrected chi connectivity index (χ4v) is 2.35. The predicted octanol–water partition coefficient (Wildman–Crippen LogP) is 1.92. The second-order valence-electron chi connectivity index (χ2n) is 4.04. The van der Waals surface area contributed by atoms with Crippen molar-refractivity contribution in [2.24, 2.45) is 0 Å². The van der Waals surface area contributed by atoms with Crippen LogP contribution in [0.25, 0.3) is 10.9 Å². The first kappa shape index (κ1) is 10.1. The molecule has 1 aromatic carbocycles. The zero-order chi connectivity index (χ0) is 11.3. The summed E-state index contributed by atoms with van der Waals surface area (Å²) < 4.78 is 2.68. The highest BCUT2D eigenvalue weighted by atomic mass is 127. The average Bonchev–Trinajstić information content (AvgIpc) is 3.01. The molecule has 5 heteroatoms. The Morgan fingerprint density at radius 1 is 1.44 bits per heavy atom. The summed E-state index contributed by atoms with van der Waals surface area (Å²) in [4.78, 5) is 16.5. The van der Waals surface area contributed by atoms with Gasteiger partial charge in [-0.15, -0.1) is 0 Å². The van der Waals surface area contributed by atoms with Gasteiger partial charge in [0, 0.05) is 9.61 Å². The Labute approximate surface area is 106 Å². The van der Waals surface area contributed by atoms with Gasteiger partial charge in [-0.05, 0) is 53.6 Å². The van der Waals surface area contributed by atoms with Gasteiger partial charge < -0.3 is 5.73 Å². The summed E-state index contributed by atoms with van der Waals surface area (Å²) in [6, 6.07) is 5.89. The van der Waals surface area contributed by atoms with Crippen LogP contribution >= 0.6 is 22.6 Å². The van der Waals surface area contributed by atoms with E-state index in [-0.39, 0.29) is 11.6 Å². The van der Waals surface area contributed by atoms with E-state index in [0.717, 1.165) is 16.4 Å². The van der Waals surface area contributed by atoms with E-state index in [1.807, 2.05) is 18.2 Å². The largest absolute Gasteiger partial charge is 0.369 e. The number of halogens is 1. The lowest BCUT2D eigenvalue weighted by Gasteiger charge is -2.08. The Morgan fingerprint density at radius 3 is 2.88 bits per heavy atom. The van der Waals surface area contributed by atoms with E-state index in [0.29, 0.717) is 16.9 Å². The molecule has 1 heterocycles. The van der Waals surface area contributed by atoms with Gasteiger partial charge >= 0.3 is 0 Å². The highest BCUT2D eigenvalue weighted by Crippen LogP contribution is 2.35. The smallest absolute Gasteiger partial charge is 0.263 e. The molecule has 16 heavy (non-hydrogen) atoms. The van der Waals surface area contributed by atoms with Crippen molar-refractivity contribution in [2.45, 2.75) is 18.9 Å². The number of nitrogen functional groups attached to an aromatic ring is 1. The summed E-state index contributed by atoms with van der Waals surface area (Å²) >= 11 is 2.20. The molecule has 0 amide bonds. The maximum atomic E-state index is 12.2. The molecule has 0 atom stereocenters. The fraction of sp³-hybridized carbons (Fsp3) is 0.273. The van der Waals surface area contributed by atoms with Gasteiger partial charge in [0.05, 0.1) is 10.9 Å². The van der Waals surface area contributed by atoms with Crippen LogP contribution in [-0.2, 0) is 0 Å². The van der Waals surface area contributed by atoms with Crippen molar-refractivity contribution >= 4 is 39.4 Å². The molecule has 1 fully saturated rings.